The van der Waals surface area contributed by atoms with Crippen LogP contribution < -0.4 is 4.57 Å². The monoisotopic (exact) mass is 173 g/mol. The molecule has 0 aliphatic heterocycles. The van der Waals surface area contributed by atoms with E-state index in [9.17, 15) is 0 Å². The van der Waals surface area contributed by atoms with Gasteiger partial charge in [-0.3, -0.25) is 0 Å². The van der Waals surface area contributed by atoms with Crippen LogP contribution >= 0.6 is 0 Å². The molecule has 0 radical (unpaired) electrons. The number of rotatable bonds is 1. The second-order valence-electron chi connectivity index (χ2n) is 3.02. The smallest absolute Gasteiger partial charge is 0.188 e. The van der Waals surface area contributed by atoms with Crippen molar-refractivity contribution in [3.8, 4) is 5.82 Å². The molecule has 0 aliphatic rings. The van der Waals surface area contributed by atoms with E-state index in [2.05, 4.69) is 11.3 Å². The lowest BCUT2D eigenvalue weighted by Gasteiger charge is -2.02. The van der Waals surface area contributed by atoms with Crippen LogP contribution in [0.5, 0.6) is 0 Å². The van der Waals surface area contributed by atoms with Crippen LogP contribution in [0.25, 0.3) is 5.82 Å². The predicted molar refractivity (Wildman–Crippen MR) is 48.3 cm³/mol. The molecule has 0 spiro atoms. The summed E-state index contributed by atoms with van der Waals surface area (Å²) >= 11 is 0. The molecule has 66 valence electrons. The minimum atomic E-state index is 0.933. The van der Waals surface area contributed by atoms with Crippen LogP contribution in [0.4, 0.5) is 0 Å². The van der Waals surface area contributed by atoms with Crippen LogP contribution in [0.2, 0.25) is 0 Å². The Morgan fingerprint density at radius 3 is 3.00 bits per heavy atom. The zero-order valence-corrected chi connectivity index (χ0v) is 7.73. The highest BCUT2D eigenvalue weighted by molar-refractivity contribution is 5.23. The Kier molecular flexibility index (Phi) is 1.85. The summed E-state index contributed by atoms with van der Waals surface area (Å²) in [7, 11) is 1.94. The molecule has 13 heavy (non-hydrogen) atoms. The van der Waals surface area contributed by atoms with E-state index < -0.39 is 0 Å². The second kappa shape index (κ2) is 3.01. The maximum absolute atomic E-state index is 4.28. The van der Waals surface area contributed by atoms with Gasteiger partial charge in [0.2, 0.25) is 0 Å². The van der Waals surface area contributed by atoms with Gasteiger partial charge >= 0.3 is 0 Å². The number of pyridine rings is 1. The first-order valence-corrected chi connectivity index (χ1v) is 4.15. The van der Waals surface area contributed by atoms with E-state index in [1.807, 2.05) is 47.6 Å². The van der Waals surface area contributed by atoms with Crippen molar-refractivity contribution in [2.45, 2.75) is 6.92 Å². The molecule has 0 unspecified atom stereocenters. The van der Waals surface area contributed by atoms with Crippen molar-refractivity contribution in [1.82, 2.24) is 9.55 Å². The van der Waals surface area contributed by atoms with Gasteiger partial charge in [-0.05, 0) is 30.9 Å². The van der Waals surface area contributed by atoms with Crippen LogP contribution in [-0.2, 0) is 7.05 Å². The first-order chi connectivity index (χ1) is 6.27. The van der Waals surface area contributed by atoms with E-state index in [-0.39, 0.29) is 0 Å². The molecular formula is C10H11N3. The Morgan fingerprint density at radius 2 is 2.38 bits per heavy atom. The molecule has 0 fully saturated rings. The summed E-state index contributed by atoms with van der Waals surface area (Å²) in [5.41, 5.74) is 1.15. The Hall–Kier alpha value is -1.64. The van der Waals surface area contributed by atoms with Crippen molar-refractivity contribution in [2.24, 2.45) is 7.05 Å². The summed E-state index contributed by atoms with van der Waals surface area (Å²) in [6.07, 6.45) is 8.77. The summed E-state index contributed by atoms with van der Waals surface area (Å²) in [6, 6.07) is 3.97. The van der Waals surface area contributed by atoms with Crippen molar-refractivity contribution in [2.75, 3.05) is 0 Å². The lowest BCUT2D eigenvalue weighted by Crippen LogP contribution is -2.30. The number of imidazole rings is 1. The van der Waals surface area contributed by atoms with Crippen molar-refractivity contribution >= 4 is 0 Å². The molecule has 2 aromatic heterocycles. The normalized spacial score (nSPS) is 10.3. The van der Waals surface area contributed by atoms with Crippen LogP contribution in [0.1, 0.15) is 5.56 Å². The standard InChI is InChI=1S/C10H11N3/c1-9-4-3-5-11-10(9)13-7-6-12(2)8-13/h3-7H,1-2H3. The van der Waals surface area contributed by atoms with Crippen molar-refractivity contribution in [3.05, 3.63) is 42.6 Å². The van der Waals surface area contributed by atoms with Gasteiger partial charge in [-0.25, -0.2) is 0 Å². The van der Waals surface area contributed by atoms with E-state index in [4.69, 9.17) is 0 Å². The molecule has 3 nitrogen and oxygen atoms in total. The molecule has 0 amide bonds. The van der Waals surface area contributed by atoms with Crippen LogP contribution in [0, 0.1) is 13.3 Å². The first-order valence-electron chi connectivity index (χ1n) is 4.15. The first kappa shape index (κ1) is 7.98. The van der Waals surface area contributed by atoms with Gasteiger partial charge in [-0.1, -0.05) is 6.07 Å². The molecule has 0 atom stereocenters. The van der Waals surface area contributed by atoms with Gasteiger partial charge in [-0.15, -0.1) is 0 Å². The minimum absolute atomic E-state index is 0.933. The highest BCUT2D eigenvalue weighted by atomic mass is 15.1. The molecule has 2 aromatic rings. The summed E-state index contributed by atoms with van der Waals surface area (Å²) in [6.45, 7) is 2.04. The van der Waals surface area contributed by atoms with Crippen molar-refractivity contribution in [3.63, 3.8) is 0 Å². The van der Waals surface area contributed by atoms with Crippen LogP contribution in [-0.4, -0.2) is 9.55 Å². The fraction of sp³-hybridized carbons (Fsp3) is 0.200. The average Bonchev–Trinajstić information content (AvgIpc) is 2.53. The van der Waals surface area contributed by atoms with Gasteiger partial charge in [-0.2, -0.15) is 4.98 Å². The van der Waals surface area contributed by atoms with Crippen LogP contribution in [0.15, 0.2) is 30.7 Å². The largest absolute Gasteiger partial charge is 0.357 e. The lowest BCUT2D eigenvalue weighted by atomic mass is 10.3. The molecule has 0 bridgehead atoms. The zero-order valence-electron chi connectivity index (χ0n) is 7.73. The van der Waals surface area contributed by atoms with E-state index in [0.29, 0.717) is 0 Å². The Morgan fingerprint density at radius 1 is 1.54 bits per heavy atom. The number of aryl methyl sites for hydroxylation is 2. The number of nitrogens with zero attached hydrogens (tertiary/aromatic N) is 3. The molecule has 3 heteroatoms. The SMILES string of the molecule is Cc1cccnc1-[n+]1[c-]n(C)cc1. The summed E-state index contributed by atoms with van der Waals surface area (Å²) < 4.78 is 3.75. The van der Waals surface area contributed by atoms with Gasteiger partial charge in [0.25, 0.3) is 0 Å². The maximum Gasteiger partial charge on any atom is 0.188 e. The van der Waals surface area contributed by atoms with E-state index >= 15 is 0 Å². The summed E-state index contributed by atoms with van der Waals surface area (Å²) in [4.78, 5) is 4.28. The Bertz CT molecular complexity index is 418. The zero-order chi connectivity index (χ0) is 9.26. The predicted octanol–water partition coefficient (Wildman–Crippen LogP) is 0.805. The summed E-state index contributed by atoms with van der Waals surface area (Å²) in [5, 5.41) is 0. The Balaban J connectivity index is 2.52. The molecule has 2 heterocycles. The minimum Gasteiger partial charge on any atom is -0.357 e. The molecule has 0 N–H and O–H groups in total. The third-order valence-corrected chi connectivity index (χ3v) is 1.91. The average molecular weight is 173 g/mol. The molecule has 0 saturated heterocycles. The fourth-order valence-corrected chi connectivity index (χ4v) is 1.25. The fourth-order valence-electron chi connectivity index (χ4n) is 1.25. The van der Waals surface area contributed by atoms with Gasteiger partial charge in [0.15, 0.2) is 12.1 Å². The highest BCUT2D eigenvalue weighted by Gasteiger charge is 2.00. The molecule has 2 rings (SSSR count). The van der Waals surface area contributed by atoms with E-state index in [1.165, 1.54) is 0 Å². The quantitative estimate of drug-likeness (QED) is 0.462. The van der Waals surface area contributed by atoms with Crippen LogP contribution in [0.3, 0.4) is 0 Å². The molecule has 0 aliphatic carbocycles. The third-order valence-electron chi connectivity index (χ3n) is 1.91. The number of aromatic nitrogens is 3. The summed E-state index contributed by atoms with van der Waals surface area (Å²) in [5.74, 6) is 0.933. The molecule has 0 saturated carbocycles. The van der Waals surface area contributed by atoms with Crippen molar-refractivity contribution < 1.29 is 4.57 Å². The number of hydrogen-bond donors (Lipinski definition) is 0. The van der Waals surface area contributed by atoms with Gasteiger partial charge < -0.3 is 9.13 Å². The topological polar surface area (TPSA) is 21.7 Å². The molecule has 0 aromatic carbocycles. The van der Waals surface area contributed by atoms with E-state index in [0.717, 1.165) is 11.4 Å². The maximum atomic E-state index is 4.28. The van der Waals surface area contributed by atoms with Gasteiger partial charge in [0.1, 0.15) is 0 Å². The van der Waals surface area contributed by atoms with Gasteiger partial charge in [0.05, 0.1) is 6.20 Å². The number of hydrogen-bond acceptors (Lipinski definition) is 1. The Labute approximate surface area is 77.3 Å². The second-order valence-corrected chi connectivity index (χ2v) is 3.02. The highest BCUT2D eigenvalue weighted by Crippen LogP contribution is 2.01. The van der Waals surface area contributed by atoms with Crippen molar-refractivity contribution in [1.29, 1.82) is 0 Å². The molecular weight excluding hydrogens is 162 g/mol. The lowest BCUT2D eigenvalue weighted by molar-refractivity contribution is -0.604. The van der Waals surface area contributed by atoms with E-state index in [1.54, 1.807) is 6.20 Å². The van der Waals surface area contributed by atoms with Gasteiger partial charge in [0, 0.05) is 7.05 Å². The third kappa shape index (κ3) is 1.45.